The highest BCUT2D eigenvalue weighted by atomic mass is 16.6. The summed E-state index contributed by atoms with van der Waals surface area (Å²) < 4.78 is 5.67. The first-order chi connectivity index (χ1) is 13.4. The third-order valence-corrected chi connectivity index (χ3v) is 4.50. The van der Waals surface area contributed by atoms with Gasteiger partial charge in [-0.25, -0.2) is 0 Å². The van der Waals surface area contributed by atoms with Crippen LogP contribution in [-0.2, 0) is 4.79 Å². The van der Waals surface area contributed by atoms with Crippen LogP contribution >= 0.6 is 0 Å². The molecule has 1 aliphatic heterocycles. The van der Waals surface area contributed by atoms with Crippen LogP contribution in [0.2, 0.25) is 0 Å². The Morgan fingerprint density at radius 2 is 1.96 bits per heavy atom. The van der Waals surface area contributed by atoms with Crippen molar-refractivity contribution in [3.05, 3.63) is 58.1 Å². The van der Waals surface area contributed by atoms with Crippen LogP contribution in [0.5, 0.6) is 5.75 Å². The largest absolute Gasteiger partial charge is 0.479 e. The number of anilines is 2. The number of nitrogens with one attached hydrogen (secondary N) is 1. The Kier molecular flexibility index (Phi) is 5.58. The van der Waals surface area contributed by atoms with Crippen molar-refractivity contribution in [1.82, 2.24) is 0 Å². The number of unbranched alkanes of at least 4 members (excludes halogenated alkanes) is 1. The van der Waals surface area contributed by atoms with Crippen molar-refractivity contribution < 1.29 is 19.2 Å². The number of carbonyl (C=O) groups excluding carboxylic acids is 2. The molecule has 2 amide bonds. The lowest BCUT2D eigenvalue weighted by Crippen LogP contribution is -2.44. The Balaban J connectivity index is 1.82. The first-order valence-electron chi connectivity index (χ1n) is 9.08. The number of hydrogen-bond acceptors (Lipinski definition) is 5. The van der Waals surface area contributed by atoms with Crippen LogP contribution in [0.15, 0.2) is 42.5 Å². The molecule has 0 aliphatic carbocycles. The van der Waals surface area contributed by atoms with Crippen molar-refractivity contribution in [3.63, 3.8) is 0 Å². The molecule has 146 valence electrons. The number of nitrogens with zero attached hydrogens (tertiary/aromatic N) is 2. The molecule has 1 atom stereocenters. The van der Waals surface area contributed by atoms with Crippen molar-refractivity contribution in [1.29, 1.82) is 0 Å². The maximum absolute atomic E-state index is 12.5. The molecule has 0 saturated carbocycles. The zero-order valence-corrected chi connectivity index (χ0v) is 15.7. The van der Waals surface area contributed by atoms with Gasteiger partial charge in [0.2, 0.25) is 0 Å². The van der Waals surface area contributed by atoms with Gasteiger partial charge in [-0.05, 0) is 43.7 Å². The van der Waals surface area contributed by atoms with Crippen LogP contribution in [0, 0.1) is 10.1 Å². The van der Waals surface area contributed by atoms with Gasteiger partial charge in [-0.2, -0.15) is 0 Å². The maximum Gasteiger partial charge on any atom is 0.269 e. The summed E-state index contributed by atoms with van der Waals surface area (Å²) in [5.41, 5.74) is 1.35. The number of rotatable bonds is 6. The van der Waals surface area contributed by atoms with Crippen LogP contribution in [0.1, 0.15) is 37.0 Å². The summed E-state index contributed by atoms with van der Waals surface area (Å²) in [6.45, 7) is 4.35. The van der Waals surface area contributed by atoms with Gasteiger partial charge in [-0.1, -0.05) is 13.3 Å². The summed E-state index contributed by atoms with van der Waals surface area (Å²) in [4.78, 5) is 36.8. The summed E-state index contributed by atoms with van der Waals surface area (Å²) in [5, 5.41) is 13.5. The molecule has 8 heteroatoms. The fraction of sp³-hybridized carbons (Fsp3) is 0.300. The molecule has 0 spiro atoms. The van der Waals surface area contributed by atoms with Crippen molar-refractivity contribution in [2.24, 2.45) is 0 Å². The predicted octanol–water partition coefficient (Wildman–Crippen LogP) is 3.76. The molecule has 0 saturated heterocycles. The van der Waals surface area contributed by atoms with Gasteiger partial charge in [0.1, 0.15) is 5.75 Å². The maximum atomic E-state index is 12.5. The Hall–Kier alpha value is -3.42. The van der Waals surface area contributed by atoms with Gasteiger partial charge in [-0.15, -0.1) is 0 Å². The highest BCUT2D eigenvalue weighted by Gasteiger charge is 2.31. The van der Waals surface area contributed by atoms with Gasteiger partial charge < -0.3 is 15.0 Å². The first kappa shape index (κ1) is 19.3. The average molecular weight is 383 g/mol. The van der Waals surface area contributed by atoms with Crippen LogP contribution in [0.4, 0.5) is 17.1 Å². The van der Waals surface area contributed by atoms with Gasteiger partial charge >= 0.3 is 0 Å². The SMILES string of the molecule is CCCCN1C(=O)C(C)Oc2ccc(NC(=O)c3ccc([N+](=O)[O-])cc3)cc21. The second-order valence-corrected chi connectivity index (χ2v) is 6.54. The van der Waals surface area contributed by atoms with E-state index in [2.05, 4.69) is 12.2 Å². The quantitative estimate of drug-likeness (QED) is 0.604. The molecule has 0 fully saturated rings. The van der Waals surface area contributed by atoms with Gasteiger partial charge in [0, 0.05) is 29.9 Å². The van der Waals surface area contributed by atoms with E-state index in [0.29, 0.717) is 29.2 Å². The van der Waals surface area contributed by atoms with Gasteiger partial charge in [0.15, 0.2) is 6.10 Å². The van der Waals surface area contributed by atoms with E-state index < -0.39 is 16.9 Å². The molecule has 3 rings (SSSR count). The lowest BCUT2D eigenvalue weighted by molar-refractivity contribution is -0.384. The smallest absolute Gasteiger partial charge is 0.269 e. The summed E-state index contributed by atoms with van der Waals surface area (Å²) in [7, 11) is 0. The van der Waals surface area contributed by atoms with Crippen molar-refractivity contribution in [2.45, 2.75) is 32.8 Å². The van der Waals surface area contributed by atoms with Gasteiger partial charge in [0.25, 0.3) is 17.5 Å². The number of amides is 2. The fourth-order valence-corrected chi connectivity index (χ4v) is 2.97. The Morgan fingerprint density at radius 1 is 1.25 bits per heavy atom. The third kappa shape index (κ3) is 3.95. The minimum absolute atomic E-state index is 0.0818. The molecular weight excluding hydrogens is 362 g/mol. The lowest BCUT2D eigenvalue weighted by atomic mass is 10.1. The van der Waals surface area contributed by atoms with Crippen molar-refractivity contribution in [3.8, 4) is 5.75 Å². The van der Waals surface area contributed by atoms with E-state index in [9.17, 15) is 19.7 Å². The van der Waals surface area contributed by atoms with Crippen LogP contribution in [0.25, 0.3) is 0 Å². The van der Waals surface area contributed by atoms with E-state index in [4.69, 9.17) is 4.74 Å². The molecule has 1 heterocycles. The predicted molar refractivity (Wildman–Crippen MR) is 105 cm³/mol. The van der Waals surface area contributed by atoms with Gasteiger partial charge in [-0.3, -0.25) is 19.7 Å². The highest BCUT2D eigenvalue weighted by molar-refractivity contribution is 6.05. The first-order valence-corrected chi connectivity index (χ1v) is 9.08. The minimum Gasteiger partial charge on any atom is -0.479 e. The second kappa shape index (κ2) is 8.08. The number of carbonyl (C=O) groups is 2. The Morgan fingerprint density at radius 3 is 2.61 bits per heavy atom. The van der Waals surface area contributed by atoms with Gasteiger partial charge in [0.05, 0.1) is 10.6 Å². The zero-order chi connectivity index (χ0) is 20.3. The fourth-order valence-electron chi connectivity index (χ4n) is 2.97. The molecule has 1 aliphatic rings. The van der Waals surface area contributed by atoms with Crippen molar-refractivity contribution >= 4 is 28.9 Å². The number of hydrogen-bond donors (Lipinski definition) is 1. The Labute approximate surface area is 162 Å². The van der Waals surface area contributed by atoms with Crippen LogP contribution in [-0.4, -0.2) is 29.4 Å². The van der Waals surface area contributed by atoms with E-state index in [1.807, 2.05) is 0 Å². The summed E-state index contributed by atoms with van der Waals surface area (Å²) in [5.74, 6) is 0.0858. The van der Waals surface area contributed by atoms with E-state index in [0.717, 1.165) is 12.8 Å². The normalized spacial score (nSPS) is 15.6. The number of fused-ring (bicyclic) bond motifs is 1. The highest BCUT2D eigenvalue weighted by Crippen LogP contribution is 2.36. The lowest BCUT2D eigenvalue weighted by Gasteiger charge is -2.33. The van der Waals surface area contributed by atoms with E-state index >= 15 is 0 Å². The number of non-ortho nitro benzene ring substituents is 1. The zero-order valence-electron chi connectivity index (χ0n) is 15.7. The molecular formula is C20H21N3O5. The molecule has 0 bridgehead atoms. The summed E-state index contributed by atoms with van der Waals surface area (Å²) in [6, 6.07) is 10.5. The number of nitro benzene ring substituents is 1. The van der Waals surface area contributed by atoms with Crippen LogP contribution in [0.3, 0.4) is 0 Å². The summed E-state index contributed by atoms with van der Waals surface area (Å²) in [6.07, 6.45) is 1.26. The van der Waals surface area contributed by atoms with E-state index in [1.165, 1.54) is 24.3 Å². The monoisotopic (exact) mass is 383 g/mol. The minimum atomic E-state index is -0.551. The molecule has 2 aromatic rings. The van der Waals surface area contributed by atoms with Crippen LogP contribution < -0.4 is 15.0 Å². The topological polar surface area (TPSA) is 102 Å². The second-order valence-electron chi connectivity index (χ2n) is 6.54. The molecule has 0 radical (unpaired) electrons. The molecule has 0 aromatic heterocycles. The summed E-state index contributed by atoms with van der Waals surface area (Å²) >= 11 is 0. The molecule has 1 N–H and O–H groups in total. The number of benzene rings is 2. The molecule has 8 nitrogen and oxygen atoms in total. The molecule has 2 aromatic carbocycles. The molecule has 28 heavy (non-hydrogen) atoms. The Bertz CT molecular complexity index is 911. The standard InChI is InChI=1S/C20H21N3O5/c1-3-4-11-22-17-12-15(7-10-18(17)28-13(2)20(22)25)21-19(24)14-5-8-16(9-6-14)23(26)27/h5-10,12-13H,3-4,11H2,1-2H3,(H,21,24). The van der Waals surface area contributed by atoms with Crippen molar-refractivity contribution in [2.75, 3.05) is 16.8 Å². The average Bonchev–Trinajstić information content (AvgIpc) is 2.69. The van der Waals surface area contributed by atoms with E-state index in [1.54, 1.807) is 30.0 Å². The number of ether oxygens (including phenoxy) is 1. The molecule has 1 unspecified atom stereocenters. The number of nitro groups is 1. The van der Waals surface area contributed by atoms with E-state index in [-0.39, 0.29) is 11.6 Å². The third-order valence-electron chi connectivity index (χ3n) is 4.50.